The summed E-state index contributed by atoms with van der Waals surface area (Å²) in [6.45, 7) is 2.39. The second kappa shape index (κ2) is 6.63. The second-order valence-corrected chi connectivity index (χ2v) is 6.76. The third kappa shape index (κ3) is 3.50. The predicted molar refractivity (Wildman–Crippen MR) is 97.9 cm³/mol. The molecular formula is C19H15F3IN. The summed E-state index contributed by atoms with van der Waals surface area (Å²) >= 11 is 1.80. The first-order valence-electron chi connectivity index (χ1n) is 7.43. The number of nitrogens with zero attached hydrogens (tertiary/aromatic N) is 1. The molecule has 0 atom stereocenters. The quantitative estimate of drug-likeness (QED) is 0.431. The Labute approximate surface area is 152 Å². The van der Waals surface area contributed by atoms with Gasteiger partial charge in [0.25, 0.3) is 0 Å². The van der Waals surface area contributed by atoms with Crippen molar-refractivity contribution in [3.05, 3.63) is 81.1 Å². The zero-order valence-corrected chi connectivity index (χ0v) is 15.1. The standard InChI is InChI=1S/C19H15F3IN/c1-13-7-9-14(10-8-13)11-24-12-16(19(20,21)22)17(23)18(24)15-5-3-2-4-6-15/h2-10,12H,11H2,1H3. The smallest absolute Gasteiger partial charge is 0.342 e. The van der Waals surface area contributed by atoms with Crippen LogP contribution in [0.3, 0.4) is 0 Å². The first-order chi connectivity index (χ1) is 11.4. The monoisotopic (exact) mass is 441 g/mol. The lowest BCUT2D eigenvalue weighted by atomic mass is 10.1. The summed E-state index contributed by atoms with van der Waals surface area (Å²) in [7, 11) is 0. The highest BCUT2D eigenvalue weighted by Crippen LogP contribution is 2.39. The minimum atomic E-state index is -4.36. The fourth-order valence-electron chi connectivity index (χ4n) is 2.63. The van der Waals surface area contributed by atoms with E-state index in [-0.39, 0.29) is 3.57 Å². The Morgan fingerprint density at radius 1 is 0.958 bits per heavy atom. The van der Waals surface area contributed by atoms with Gasteiger partial charge < -0.3 is 4.57 Å². The van der Waals surface area contributed by atoms with Crippen molar-refractivity contribution in [1.29, 1.82) is 0 Å². The summed E-state index contributed by atoms with van der Waals surface area (Å²) in [4.78, 5) is 0. The van der Waals surface area contributed by atoms with E-state index < -0.39 is 11.7 Å². The number of aryl methyl sites for hydroxylation is 1. The average Bonchev–Trinajstić information content (AvgIpc) is 2.87. The molecule has 0 aliphatic carbocycles. The molecule has 0 saturated carbocycles. The molecule has 0 spiro atoms. The van der Waals surface area contributed by atoms with Crippen molar-refractivity contribution in [2.24, 2.45) is 0 Å². The number of benzene rings is 2. The third-order valence-electron chi connectivity index (χ3n) is 3.84. The zero-order chi connectivity index (χ0) is 17.3. The van der Waals surface area contributed by atoms with Crippen molar-refractivity contribution >= 4 is 22.6 Å². The Kier molecular flexibility index (Phi) is 4.71. The Morgan fingerprint density at radius 3 is 2.17 bits per heavy atom. The lowest BCUT2D eigenvalue weighted by Crippen LogP contribution is -2.05. The molecule has 2 aromatic carbocycles. The largest absolute Gasteiger partial charge is 0.418 e. The number of alkyl halides is 3. The lowest BCUT2D eigenvalue weighted by Gasteiger charge is -2.10. The maximum Gasteiger partial charge on any atom is 0.418 e. The molecule has 124 valence electrons. The number of hydrogen-bond donors (Lipinski definition) is 0. The Hall–Kier alpha value is -1.76. The molecule has 24 heavy (non-hydrogen) atoms. The molecule has 0 aliphatic heterocycles. The maximum absolute atomic E-state index is 13.3. The summed E-state index contributed by atoms with van der Waals surface area (Å²) in [5, 5.41) is 0. The van der Waals surface area contributed by atoms with Crippen LogP contribution >= 0.6 is 22.6 Å². The van der Waals surface area contributed by atoms with Crippen LogP contribution in [0.15, 0.2) is 60.8 Å². The van der Waals surface area contributed by atoms with Gasteiger partial charge in [-0.15, -0.1) is 0 Å². The zero-order valence-electron chi connectivity index (χ0n) is 12.9. The number of aromatic nitrogens is 1. The van der Waals surface area contributed by atoms with E-state index in [1.807, 2.05) is 61.5 Å². The van der Waals surface area contributed by atoms with Gasteiger partial charge in [0.1, 0.15) is 0 Å². The van der Waals surface area contributed by atoms with E-state index in [1.165, 1.54) is 6.20 Å². The maximum atomic E-state index is 13.3. The number of hydrogen-bond acceptors (Lipinski definition) is 0. The van der Waals surface area contributed by atoms with E-state index in [9.17, 15) is 13.2 Å². The molecule has 0 amide bonds. The summed E-state index contributed by atoms with van der Waals surface area (Å²) in [6, 6.07) is 17.0. The topological polar surface area (TPSA) is 4.93 Å². The fraction of sp³-hybridized carbons (Fsp3) is 0.158. The van der Waals surface area contributed by atoms with Crippen molar-refractivity contribution in [2.45, 2.75) is 19.6 Å². The Balaban J connectivity index is 2.11. The minimum Gasteiger partial charge on any atom is -0.342 e. The van der Waals surface area contributed by atoms with E-state index >= 15 is 0 Å². The summed E-state index contributed by atoms with van der Waals surface area (Å²) in [5.74, 6) is 0. The SMILES string of the molecule is Cc1ccc(Cn2cc(C(F)(F)F)c(I)c2-c2ccccc2)cc1. The van der Waals surface area contributed by atoms with Gasteiger partial charge in [0, 0.05) is 12.7 Å². The Morgan fingerprint density at radius 2 is 1.58 bits per heavy atom. The highest BCUT2D eigenvalue weighted by atomic mass is 127. The van der Waals surface area contributed by atoms with Gasteiger partial charge in [-0.05, 0) is 40.6 Å². The van der Waals surface area contributed by atoms with Gasteiger partial charge >= 0.3 is 6.18 Å². The van der Waals surface area contributed by atoms with Gasteiger partial charge in [-0.25, -0.2) is 0 Å². The van der Waals surface area contributed by atoms with Crippen molar-refractivity contribution in [1.82, 2.24) is 4.57 Å². The van der Waals surface area contributed by atoms with Gasteiger partial charge in [-0.2, -0.15) is 13.2 Å². The summed E-state index contributed by atoms with van der Waals surface area (Å²) in [5.41, 5.74) is 2.89. The van der Waals surface area contributed by atoms with Gasteiger partial charge in [0.2, 0.25) is 0 Å². The van der Waals surface area contributed by atoms with Crippen LogP contribution in [0.2, 0.25) is 0 Å². The van der Waals surface area contributed by atoms with E-state index in [0.717, 1.165) is 16.7 Å². The van der Waals surface area contributed by atoms with Crippen molar-refractivity contribution in [2.75, 3.05) is 0 Å². The van der Waals surface area contributed by atoms with E-state index in [1.54, 1.807) is 27.2 Å². The predicted octanol–water partition coefficient (Wildman–Crippen LogP) is 6.14. The molecule has 1 aromatic heterocycles. The fourth-order valence-corrected chi connectivity index (χ4v) is 3.70. The van der Waals surface area contributed by atoms with Crippen molar-refractivity contribution in [3.8, 4) is 11.3 Å². The van der Waals surface area contributed by atoms with E-state index in [4.69, 9.17) is 0 Å². The first-order valence-corrected chi connectivity index (χ1v) is 8.51. The van der Waals surface area contributed by atoms with Gasteiger partial charge in [-0.1, -0.05) is 60.2 Å². The highest BCUT2D eigenvalue weighted by Gasteiger charge is 2.36. The third-order valence-corrected chi connectivity index (χ3v) is 4.93. The minimum absolute atomic E-state index is 0.235. The van der Waals surface area contributed by atoms with E-state index in [2.05, 4.69) is 0 Å². The molecule has 1 heterocycles. The molecule has 0 saturated heterocycles. The molecule has 0 N–H and O–H groups in total. The highest BCUT2D eigenvalue weighted by molar-refractivity contribution is 14.1. The summed E-state index contributed by atoms with van der Waals surface area (Å²) < 4.78 is 41.9. The second-order valence-electron chi connectivity index (χ2n) is 5.68. The van der Waals surface area contributed by atoms with Crippen LogP contribution in [0, 0.1) is 10.5 Å². The molecule has 3 aromatic rings. The molecule has 5 heteroatoms. The lowest BCUT2D eigenvalue weighted by molar-refractivity contribution is -0.138. The van der Waals surface area contributed by atoms with Crippen molar-refractivity contribution in [3.63, 3.8) is 0 Å². The molecule has 0 radical (unpaired) electrons. The average molecular weight is 441 g/mol. The molecule has 3 rings (SSSR count). The van der Waals surface area contributed by atoms with Gasteiger partial charge in [0.05, 0.1) is 14.8 Å². The van der Waals surface area contributed by atoms with Crippen LogP contribution in [0.1, 0.15) is 16.7 Å². The van der Waals surface area contributed by atoms with Crippen LogP contribution in [0.5, 0.6) is 0 Å². The molecular weight excluding hydrogens is 426 g/mol. The van der Waals surface area contributed by atoms with Crippen LogP contribution < -0.4 is 0 Å². The number of halogens is 4. The normalized spacial score (nSPS) is 11.7. The van der Waals surface area contributed by atoms with Crippen molar-refractivity contribution < 1.29 is 13.2 Å². The van der Waals surface area contributed by atoms with Crippen LogP contribution in [-0.4, -0.2) is 4.57 Å². The molecule has 0 unspecified atom stereocenters. The van der Waals surface area contributed by atoms with Crippen LogP contribution in [0.25, 0.3) is 11.3 Å². The van der Waals surface area contributed by atoms with Gasteiger partial charge in [0.15, 0.2) is 0 Å². The molecule has 0 aliphatic rings. The van der Waals surface area contributed by atoms with Crippen LogP contribution in [-0.2, 0) is 12.7 Å². The Bertz CT molecular complexity index is 834. The molecule has 1 nitrogen and oxygen atoms in total. The van der Waals surface area contributed by atoms with Gasteiger partial charge in [-0.3, -0.25) is 0 Å². The summed E-state index contributed by atoms with van der Waals surface area (Å²) in [6.07, 6.45) is -3.15. The van der Waals surface area contributed by atoms with E-state index in [0.29, 0.717) is 12.2 Å². The molecule has 0 bridgehead atoms. The first kappa shape index (κ1) is 17.1. The molecule has 0 fully saturated rings. The number of rotatable bonds is 3. The van der Waals surface area contributed by atoms with Crippen LogP contribution in [0.4, 0.5) is 13.2 Å².